The van der Waals surface area contributed by atoms with E-state index >= 15 is 0 Å². The van der Waals surface area contributed by atoms with Gasteiger partial charge in [-0.15, -0.1) is 0 Å². The van der Waals surface area contributed by atoms with Crippen LogP contribution in [0, 0.1) is 5.82 Å². The Labute approximate surface area is 106 Å². The molecule has 0 amide bonds. The molecule has 0 unspecified atom stereocenters. The zero-order chi connectivity index (χ0) is 13.0. The fourth-order valence-electron chi connectivity index (χ4n) is 1.88. The topological polar surface area (TPSA) is 28.4 Å². The van der Waals surface area contributed by atoms with Crippen molar-refractivity contribution in [2.24, 2.45) is 0 Å². The zero-order valence-electron chi connectivity index (χ0n) is 10.6. The Kier molecular flexibility index (Phi) is 3.99. The summed E-state index contributed by atoms with van der Waals surface area (Å²) in [4.78, 5) is 1.99. The molecule has 1 heterocycles. The summed E-state index contributed by atoms with van der Waals surface area (Å²) in [5.74, 6) is 0.697. The van der Waals surface area contributed by atoms with Gasteiger partial charge in [0.1, 0.15) is 11.6 Å². The van der Waals surface area contributed by atoms with Gasteiger partial charge in [-0.3, -0.25) is 0 Å². The molecule has 0 atom stereocenters. The lowest BCUT2D eigenvalue weighted by atomic mass is 10.2. The van der Waals surface area contributed by atoms with E-state index in [0.717, 1.165) is 17.0 Å². The van der Waals surface area contributed by atoms with Gasteiger partial charge in [0.2, 0.25) is 0 Å². The number of rotatable bonds is 5. The van der Waals surface area contributed by atoms with Gasteiger partial charge in [0.05, 0.1) is 12.8 Å². The van der Waals surface area contributed by atoms with Crippen molar-refractivity contribution < 1.29 is 8.81 Å². The number of hydrogen-bond acceptors (Lipinski definition) is 3. The molecule has 0 fully saturated rings. The highest BCUT2D eigenvalue weighted by molar-refractivity contribution is 5.46. The van der Waals surface area contributed by atoms with Gasteiger partial charge in [-0.2, -0.15) is 0 Å². The van der Waals surface area contributed by atoms with Crippen LogP contribution >= 0.6 is 0 Å². The van der Waals surface area contributed by atoms with Gasteiger partial charge in [0, 0.05) is 24.8 Å². The summed E-state index contributed by atoms with van der Waals surface area (Å²) in [7, 11) is 3.81. The fraction of sp³-hybridized carbons (Fsp3) is 0.286. The first kappa shape index (κ1) is 12.6. The van der Waals surface area contributed by atoms with E-state index in [1.807, 2.05) is 31.1 Å². The Hall–Kier alpha value is -1.81. The normalized spacial score (nSPS) is 10.6. The van der Waals surface area contributed by atoms with Crippen LogP contribution in [-0.4, -0.2) is 14.1 Å². The van der Waals surface area contributed by atoms with Gasteiger partial charge in [0.25, 0.3) is 0 Å². The van der Waals surface area contributed by atoms with Crippen LogP contribution in [0.4, 0.5) is 10.1 Å². The van der Waals surface area contributed by atoms with Gasteiger partial charge in [0.15, 0.2) is 0 Å². The molecule has 1 aromatic heterocycles. The summed E-state index contributed by atoms with van der Waals surface area (Å²) in [6.45, 7) is 1.39. The highest BCUT2D eigenvalue weighted by Gasteiger charge is 2.09. The SMILES string of the molecule is CNCc1occc1CN(C)c1cccc(F)c1. The number of hydrogen-bond donors (Lipinski definition) is 1. The van der Waals surface area contributed by atoms with Crippen LogP contribution in [0.5, 0.6) is 0 Å². The van der Waals surface area contributed by atoms with E-state index in [4.69, 9.17) is 4.42 Å². The van der Waals surface area contributed by atoms with Crippen molar-refractivity contribution in [3.63, 3.8) is 0 Å². The molecule has 1 aromatic carbocycles. The molecule has 0 aliphatic heterocycles. The predicted molar refractivity (Wildman–Crippen MR) is 70.0 cm³/mol. The minimum atomic E-state index is -0.220. The molecule has 0 saturated carbocycles. The molecular weight excluding hydrogens is 231 g/mol. The molecule has 4 heteroatoms. The number of furan rings is 1. The molecule has 2 aromatic rings. The predicted octanol–water partition coefficient (Wildman–Crippen LogP) is 2.77. The van der Waals surface area contributed by atoms with Crippen molar-refractivity contribution >= 4 is 5.69 Å². The summed E-state index contributed by atoms with van der Waals surface area (Å²) in [6.07, 6.45) is 1.68. The number of halogens is 1. The van der Waals surface area contributed by atoms with E-state index in [-0.39, 0.29) is 5.82 Å². The van der Waals surface area contributed by atoms with E-state index in [1.165, 1.54) is 12.1 Å². The summed E-state index contributed by atoms with van der Waals surface area (Å²) in [6, 6.07) is 8.52. The third kappa shape index (κ3) is 2.90. The Balaban J connectivity index is 2.11. The van der Waals surface area contributed by atoms with Crippen LogP contribution in [0.1, 0.15) is 11.3 Å². The highest BCUT2D eigenvalue weighted by atomic mass is 19.1. The monoisotopic (exact) mass is 248 g/mol. The maximum absolute atomic E-state index is 13.2. The van der Waals surface area contributed by atoms with Gasteiger partial charge in [-0.05, 0) is 31.3 Å². The molecule has 96 valence electrons. The molecule has 18 heavy (non-hydrogen) atoms. The zero-order valence-corrected chi connectivity index (χ0v) is 10.6. The average molecular weight is 248 g/mol. The molecule has 0 aliphatic carbocycles. The van der Waals surface area contributed by atoms with Gasteiger partial charge in [-0.1, -0.05) is 6.07 Å². The van der Waals surface area contributed by atoms with Crippen molar-refractivity contribution in [1.29, 1.82) is 0 Å². The lowest BCUT2D eigenvalue weighted by Gasteiger charge is -2.19. The largest absolute Gasteiger partial charge is 0.468 e. The molecule has 0 saturated heterocycles. The number of anilines is 1. The van der Waals surface area contributed by atoms with E-state index < -0.39 is 0 Å². The van der Waals surface area contributed by atoms with E-state index in [2.05, 4.69) is 5.32 Å². The Bertz CT molecular complexity index is 510. The molecule has 0 radical (unpaired) electrons. The van der Waals surface area contributed by atoms with E-state index in [0.29, 0.717) is 13.1 Å². The van der Waals surface area contributed by atoms with Crippen LogP contribution in [-0.2, 0) is 13.1 Å². The van der Waals surface area contributed by atoms with Crippen LogP contribution < -0.4 is 10.2 Å². The lowest BCUT2D eigenvalue weighted by molar-refractivity contribution is 0.490. The fourth-order valence-corrected chi connectivity index (χ4v) is 1.88. The molecule has 2 rings (SSSR count). The van der Waals surface area contributed by atoms with Crippen molar-refractivity contribution in [2.45, 2.75) is 13.1 Å². The smallest absolute Gasteiger partial charge is 0.125 e. The summed E-state index contributed by atoms with van der Waals surface area (Å²) < 4.78 is 18.6. The van der Waals surface area contributed by atoms with Gasteiger partial charge < -0.3 is 14.6 Å². The van der Waals surface area contributed by atoms with Crippen LogP contribution in [0.2, 0.25) is 0 Å². The molecule has 0 bridgehead atoms. The Morgan fingerprint density at radius 1 is 1.33 bits per heavy atom. The molecular formula is C14H17FN2O. The average Bonchev–Trinajstić information content (AvgIpc) is 2.77. The van der Waals surface area contributed by atoms with E-state index in [9.17, 15) is 4.39 Å². The molecule has 0 aliphatic rings. The second-order valence-corrected chi connectivity index (χ2v) is 4.24. The summed E-state index contributed by atoms with van der Waals surface area (Å²) in [5, 5.41) is 3.06. The third-order valence-corrected chi connectivity index (χ3v) is 2.83. The number of benzene rings is 1. The third-order valence-electron chi connectivity index (χ3n) is 2.83. The van der Waals surface area contributed by atoms with E-state index in [1.54, 1.807) is 12.3 Å². The lowest BCUT2D eigenvalue weighted by Crippen LogP contribution is -2.18. The minimum absolute atomic E-state index is 0.220. The first-order valence-corrected chi connectivity index (χ1v) is 5.87. The van der Waals surface area contributed by atoms with Gasteiger partial charge in [-0.25, -0.2) is 4.39 Å². The molecule has 1 N–H and O–H groups in total. The number of nitrogens with zero attached hydrogens (tertiary/aromatic N) is 1. The Morgan fingerprint density at radius 3 is 2.89 bits per heavy atom. The molecule has 0 spiro atoms. The van der Waals surface area contributed by atoms with Crippen LogP contribution in [0.25, 0.3) is 0 Å². The first-order chi connectivity index (χ1) is 8.70. The van der Waals surface area contributed by atoms with Crippen molar-refractivity contribution in [1.82, 2.24) is 5.32 Å². The van der Waals surface area contributed by atoms with Crippen LogP contribution in [0.3, 0.4) is 0 Å². The van der Waals surface area contributed by atoms with Crippen molar-refractivity contribution in [2.75, 3.05) is 19.0 Å². The highest BCUT2D eigenvalue weighted by Crippen LogP contribution is 2.19. The second kappa shape index (κ2) is 5.69. The van der Waals surface area contributed by atoms with Crippen LogP contribution in [0.15, 0.2) is 41.0 Å². The maximum Gasteiger partial charge on any atom is 0.125 e. The first-order valence-electron chi connectivity index (χ1n) is 5.87. The summed E-state index contributed by atoms with van der Waals surface area (Å²) in [5.41, 5.74) is 1.96. The second-order valence-electron chi connectivity index (χ2n) is 4.24. The van der Waals surface area contributed by atoms with Crippen molar-refractivity contribution in [3.05, 3.63) is 53.7 Å². The van der Waals surface area contributed by atoms with Crippen molar-refractivity contribution in [3.8, 4) is 0 Å². The Morgan fingerprint density at radius 2 is 2.17 bits per heavy atom. The molecule has 3 nitrogen and oxygen atoms in total. The maximum atomic E-state index is 13.2. The van der Waals surface area contributed by atoms with Gasteiger partial charge >= 0.3 is 0 Å². The summed E-state index contributed by atoms with van der Waals surface area (Å²) >= 11 is 0. The quantitative estimate of drug-likeness (QED) is 0.882. The number of nitrogens with one attached hydrogen (secondary N) is 1. The standard InChI is InChI=1S/C14H17FN2O/c1-16-9-14-11(6-7-18-14)10-17(2)13-5-3-4-12(15)8-13/h3-8,16H,9-10H2,1-2H3. The minimum Gasteiger partial charge on any atom is -0.468 e.